The summed E-state index contributed by atoms with van der Waals surface area (Å²) in [5.41, 5.74) is 2.57. The monoisotopic (exact) mass is 323 g/mol. The summed E-state index contributed by atoms with van der Waals surface area (Å²) in [5.74, 6) is -0.159. The molecule has 1 aliphatic carbocycles. The first-order valence-corrected chi connectivity index (χ1v) is 8.76. The minimum absolute atomic E-state index is 0.159. The van der Waals surface area contributed by atoms with E-state index in [1.54, 1.807) is 11.3 Å². The van der Waals surface area contributed by atoms with Crippen LogP contribution in [0.5, 0.6) is 0 Å². The van der Waals surface area contributed by atoms with E-state index in [0.29, 0.717) is 5.69 Å². The second-order valence-electron chi connectivity index (χ2n) is 5.79. The summed E-state index contributed by atoms with van der Waals surface area (Å²) in [5, 5.41) is 3.90. The molecule has 0 unspecified atom stereocenters. The Labute approximate surface area is 138 Å². The zero-order chi connectivity index (χ0) is 15.6. The number of nitrogens with one attached hydrogen (secondary N) is 1. The van der Waals surface area contributed by atoms with Gasteiger partial charge in [0.15, 0.2) is 0 Å². The number of fused-ring (bicyclic) bond motifs is 3. The fraction of sp³-hybridized carbons (Fsp3) is 0.278. The number of aryl methyl sites for hydroxylation is 2. The van der Waals surface area contributed by atoms with Crippen LogP contribution in [0.1, 0.15) is 40.2 Å². The van der Waals surface area contributed by atoms with Gasteiger partial charge in [-0.25, -0.2) is 9.97 Å². The van der Waals surface area contributed by atoms with Crippen molar-refractivity contribution >= 4 is 33.1 Å². The molecule has 0 radical (unpaired) electrons. The van der Waals surface area contributed by atoms with Crippen LogP contribution in [0.4, 0.5) is 5.69 Å². The molecule has 1 N–H and O–H groups in total. The van der Waals surface area contributed by atoms with Gasteiger partial charge in [-0.2, -0.15) is 0 Å². The van der Waals surface area contributed by atoms with Crippen molar-refractivity contribution in [1.29, 1.82) is 0 Å². The molecule has 116 valence electrons. The maximum absolute atomic E-state index is 12.7. The Morgan fingerprint density at radius 3 is 2.74 bits per heavy atom. The highest BCUT2D eigenvalue weighted by Crippen LogP contribution is 2.35. The molecule has 1 aromatic carbocycles. The summed E-state index contributed by atoms with van der Waals surface area (Å²) in [6, 6.07) is 9.50. The maximum atomic E-state index is 12.7. The normalized spacial score (nSPS) is 14.3. The van der Waals surface area contributed by atoms with Gasteiger partial charge in [0.1, 0.15) is 16.9 Å². The smallest absolute Gasteiger partial charge is 0.275 e. The van der Waals surface area contributed by atoms with Crippen LogP contribution in [0.25, 0.3) is 10.2 Å². The van der Waals surface area contributed by atoms with Gasteiger partial charge in [0.2, 0.25) is 0 Å². The van der Waals surface area contributed by atoms with Gasteiger partial charge in [-0.3, -0.25) is 4.79 Å². The number of rotatable bonds is 2. The molecule has 2 heterocycles. The van der Waals surface area contributed by atoms with Crippen LogP contribution in [0.15, 0.2) is 36.7 Å². The van der Waals surface area contributed by atoms with Gasteiger partial charge in [-0.15, -0.1) is 11.3 Å². The molecular weight excluding hydrogens is 306 g/mol. The zero-order valence-electron chi connectivity index (χ0n) is 12.7. The third-order valence-electron chi connectivity index (χ3n) is 4.25. The number of carbonyl (C=O) groups is 1. The van der Waals surface area contributed by atoms with Crippen molar-refractivity contribution in [3.8, 4) is 0 Å². The highest BCUT2D eigenvalue weighted by molar-refractivity contribution is 7.18. The number of benzene rings is 1. The van der Waals surface area contributed by atoms with Crippen LogP contribution < -0.4 is 5.32 Å². The van der Waals surface area contributed by atoms with E-state index in [0.717, 1.165) is 28.7 Å². The van der Waals surface area contributed by atoms with E-state index in [-0.39, 0.29) is 5.91 Å². The molecule has 5 heteroatoms. The minimum atomic E-state index is -0.159. The summed E-state index contributed by atoms with van der Waals surface area (Å²) in [6.45, 7) is 0. The minimum Gasteiger partial charge on any atom is -0.321 e. The van der Waals surface area contributed by atoms with Gasteiger partial charge in [0.05, 0.1) is 0 Å². The molecular formula is C18H17N3OS. The predicted molar refractivity (Wildman–Crippen MR) is 93.1 cm³/mol. The average Bonchev–Trinajstić information content (AvgIpc) is 2.77. The number of nitrogens with zero attached hydrogens (tertiary/aromatic N) is 2. The lowest BCUT2D eigenvalue weighted by Gasteiger charge is -2.07. The zero-order valence-corrected chi connectivity index (χ0v) is 13.5. The SMILES string of the molecule is O=C(Nc1ccccc1)c1ncnc2sc3c(c12)CCCCC3. The average molecular weight is 323 g/mol. The molecule has 4 rings (SSSR count). The van der Waals surface area contributed by atoms with Gasteiger partial charge < -0.3 is 5.32 Å². The Morgan fingerprint density at radius 1 is 1.04 bits per heavy atom. The Balaban J connectivity index is 1.77. The number of amides is 1. The van der Waals surface area contributed by atoms with Gasteiger partial charge >= 0.3 is 0 Å². The molecule has 1 amide bonds. The Hall–Kier alpha value is -2.27. The predicted octanol–water partition coefficient (Wildman–Crippen LogP) is 4.21. The lowest BCUT2D eigenvalue weighted by molar-refractivity contribution is 0.102. The van der Waals surface area contributed by atoms with Gasteiger partial charge in [-0.1, -0.05) is 24.6 Å². The van der Waals surface area contributed by atoms with Crippen LogP contribution in [-0.2, 0) is 12.8 Å². The molecule has 0 fully saturated rings. The van der Waals surface area contributed by atoms with Crippen molar-refractivity contribution in [3.63, 3.8) is 0 Å². The maximum Gasteiger partial charge on any atom is 0.275 e. The first-order valence-electron chi connectivity index (χ1n) is 7.94. The second kappa shape index (κ2) is 6.08. The van der Waals surface area contributed by atoms with Gasteiger partial charge in [0, 0.05) is 16.0 Å². The first-order chi connectivity index (χ1) is 11.3. The summed E-state index contributed by atoms with van der Waals surface area (Å²) < 4.78 is 0. The van der Waals surface area contributed by atoms with Crippen molar-refractivity contribution in [3.05, 3.63) is 52.8 Å². The third kappa shape index (κ3) is 2.72. The van der Waals surface area contributed by atoms with Gasteiger partial charge in [0.25, 0.3) is 5.91 Å². The van der Waals surface area contributed by atoms with Crippen molar-refractivity contribution in [1.82, 2.24) is 9.97 Å². The molecule has 0 bridgehead atoms. The van der Waals surface area contributed by atoms with Crippen LogP contribution in [0.3, 0.4) is 0 Å². The molecule has 3 aromatic rings. The topological polar surface area (TPSA) is 54.9 Å². The molecule has 4 nitrogen and oxygen atoms in total. The van der Waals surface area contributed by atoms with E-state index in [1.807, 2.05) is 30.3 Å². The quantitative estimate of drug-likeness (QED) is 0.719. The first kappa shape index (κ1) is 14.3. The summed E-state index contributed by atoms with van der Waals surface area (Å²) in [6.07, 6.45) is 7.26. The van der Waals surface area contributed by atoms with Crippen molar-refractivity contribution < 1.29 is 4.79 Å². The van der Waals surface area contributed by atoms with Gasteiger partial charge in [-0.05, 0) is 43.4 Å². The fourth-order valence-electron chi connectivity index (χ4n) is 3.15. The number of carbonyl (C=O) groups excluding carboxylic acids is 1. The standard InChI is InChI=1S/C18H17N3OS/c22-17(21-12-7-3-1-4-8-12)16-15-13-9-5-2-6-10-14(13)23-18(15)20-11-19-16/h1,3-4,7-8,11H,2,5-6,9-10H2,(H,21,22). The van der Waals surface area contributed by atoms with Crippen LogP contribution in [0.2, 0.25) is 0 Å². The molecule has 0 aliphatic heterocycles. The van der Waals surface area contributed by atoms with Crippen molar-refractivity contribution in [2.75, 3.05) is 5.32 Å². The molecule has 0 atom stereocenters. The Kier molecular flexibility index (Phi) is 3.79. The highest BCUT2D eigenvalue weighted by atomic mass is 32.1. The highest BCUT2D eigenvalue weighted by Gasteiger charge is 2.22. The Morgan fingerprint density at radius 2 is 1.87 bits per heavy atom. The van der Waals surface area contributed by atoms with Crippen molar-refractivity contribution in [2.45, 2.75) is 32.1 Å². The lowest BCUT2D eigenvalue weighted by Crippen LogP contribution is -2.14. The van der Waals surface area contributed by atoms with E-state index in [2.05, 4.69) is 15.3 Å². The number of thiophene rings is 1. The van der Waals surface area contributed by atoms with E-state index < -0.39 is 0 Å². The molecule has 0 saturated heterocycles. The number of anilines is 1. The summed E-state index contributed by atoms with van der Waals surface area (Å²) in [7, 11) is 0. The lowest BCUT2D eigenvalue weighted by atomic mass is 10.1. The van der Waals surface area contributed by atoms with Crippen LogP contribution in [0, 0.1) is 0 Å². The van der Waals surface area contributed by atoms with Crippen LogP contribution >= 0.6 is 11.3 Å². The molecule has 1 aliphatic rings. The fourth-order valence-corrected chi connectivity index (χ4v) is 4.38. The van der Waals surface area contributed by atoms with E-state index in [9.17, 15) is 4.79 Å². The third-order valence-corrected chi connectivity index (χ3v) is 5.45. The number of aromatic nitrogens is 2. The number of hydrogen-bond donors (Lipinski definition) is 1. The molecule has 23 heavy (non-hydrogen) atoms. The summed E-state index contributed by atoms with van der Waals surface area (Å²) in [4.78, 5) is 23.7. The largest absolute Gasteiger partial charge is 0.321 e. The Bertz CT molecular complexity index is 857. The van der Waals surface area contributed by atoms with E-state index >= 15 is 0 Å². The van der Waals surface area contributed by atoms with Crippen LogP contribution in [-0.4, -0.2) is 15.9 Å². The number of hydrogen-bond acceptors (Lipinski definition) is 4. The molecule has 0 saturated carbocycles. The number of para-hydroxylation sites is 1. The molecule has 0 spiro atoms. The summed E-state index contributed by atoms with van der Waals surface area (Å²) >= 11 is 1.72. The van der Waals surface area contributed by atoms with E-state index in [4.69, 9.17) is 0 Å². The molecule has 2 aromatic heterocycles. The van der Waals surface area contributed by atoms with E-state index in [1.165, 1.54) is 36.0 Å². The second-order valence-corrected chi connectivity index (χ2v) is 6.87. The van der Waals surface area contributed by atoms with Crippen molar-refractivity contribution in [2.24, 2.45) is 0 Å².